The van der Waals surface area contributed by atoms with Crippen LogP contribution in [0.4, 0.5) is 17.6 Å². The summed E-state index contributed by atoms with van der Waals surface area (Å²) < 4.78 is 58.5. The van der Waals surface area contributed by atoms with Crippen LogP contribution in [0.15, 0.2) is 91.0 Å². The van der Waals surface area contributed by atoms with E-state index in [2.05, 4.69) is 23.6 Å². The van der Waals surface area contributed by atoms with E-state index in [1.165, 1.54) is 24.3 Å². The SMILES string of the molecule is CC1c2ccccc2-n2c3ccc(-c4cc(F)cc(F)c4)cc3c3cc(-c4cc(F)cc(F)c4)cc1c32. The highest BCUT2D eigenvalue weighted by atomic mass is 19.1. The van der Waals surface area contributed by atoms with Gasteiger partial charge in [0.15, 0.2) is 0 Å². The van der Waals surface area contributed by atoms with Crippen LogP contribution in [0.25, 0.3) is 49.7 Å². The molecule has 37 heavy (non-hydrogen) atoms. The molecule has 1 unspecified atom stereocenters. The summed E-state index contributed by atoms with van der Waals surface area (Å²) in [6, 6.07) is 24.9. The van der Waals surface area contributed by atoms with E-state index >= 15 is 0 Å². The summed E-state index contributed by atoms with van der Waals surface area (Å²) >= 11 is 0. The number of nitrogens with zero attached hydrogens (tertiary/aromatic N) is 1. The van der Waals surface area contributed by atoms with Crippen molar-refractivity contribution < 1.29 is 17.6 Å². The molecule has 1 aliphatic rings. The molecule has 5 aromatic carbocycles. The van der Waals surface area contributed by atoms with Crippen molar-refractivity contribution in [1.82, 2.24) is 4.57 Å². The average Bonchev–Trinajstić information content (AvgIpc) is 3.20. The average molecular weight is 494 g/mol. The molecule has 1 atom stereocenters. The number of halogens is 4. The van der Waals surface area contributed by atoms with Gasteiger partial charge in [0.2, 0.25) is 0 Å². The number of aromatic nitrogens is 1. The summed E-state index contributed by atoms with van der Waals surface area (Å²) in [6.45, 7) is 2.13. The van der Waals surface area contributed by atoms with Gasteiger partial charge >= 0.3 is 0 Å². The summed E-state index contributed by atoms with van der Waals surface area (Å²) in [5.41, 5.74) is 7.49. The predicted molar refractivity (Wildman–Crippen MR) is 139 cm³/mol. The zero-order valence-electron chi connectivity index (χ0n) is 19.7. The van der Waals surface area contributed by atoms with E-state index in [4.69, 9.17) is 0 Å². The fraction of sp³-hybridized carbons (Fsp3) is 0.0625. The van der Waals surface area contributed by atoms with Crippen LogP contribution in [0.5, 0.6) is 0 Å². The van der Waals surface area contributed by atoms with Crippen LogP contribution in [-0.2, 0) is 0 Å². The van der Waals surface area contributed by atoms with Crippen LogP contribution in [0.3, 0.4) is 0 Å². The molecule has 0 bridgehead atoms. The fourth-order valence-electron chi connectivity index (χ4n) is 5.77. The Labute approximate surface area is 210 Å². The quantitative estimate of drug-likeness (QED) is 0.212. The second-order valence-electron chi connectivity index (χ2n) is 9.63. The Bertz CT molecular complexity index is 1860. The summed E-state index contributed by atoms with van der Waals surface area (Å²) in [6.07, 6.45) is 0. The maximum atomic E-state index is 14.2. The van der Waals surface area contributed by atoms with Crippen molar-refractivity contribution >= 4 is 21.8 Å². The number of hydrogen-bond donors (Lipinski definition) is 0. The van der Waals surface area contributed by atoms with Crippen molar-refractivity contribution in [3.8, 4) is 27.9 Å². The minimum Gasteiger partial charge on any atom is -0.309 e. The third kappa shape index (κ3) is 3.30. The van der Waals surface area contributed by atoms with Gasteiger partial charge in [0, 0.05) is 34.5 Å². The van der Waals surface area contributed by atoms with E-state index in [9.17, 15) is 17.6 Å². The van der Waals surface area contributed by atoms with Crippen LogP contribution in [0, 0.1) is 23.3 Å². The van der Waals surface area contributed by atoms with Crippen LogP contribution >= 0.6 is 0 Å². The third-order valence-electron chi connectivity index (χ3n) is 7.39. The Hall–Kier alpha value is -4.38. The lowest BCUT2D eigenvalue weighted by molar-refractivity contribution is 0.583. The molecule has 1 aromatic heterocycles. The minimum absolute atomic E-state index is 0.0469. The van der Waals surface area contributed by atoms with E-state index in [-0.39, 0.29) is 5.92 Å². The first-order valence-electron chi connectivity index (χ1n) is 12.0. The van der Waals surface area contributed by atoms with Crippen LogP contribution in [0.1, 0.15) is 24.0 Å². The maximum absolute atomic E-state index is 14.2. The van der Waals surface area contributed by atoms with E-state index < -0.39 is 23.3 Å². The van der Waals surface area contributed by atoms with Gasteiger partial charge in [0.1, 0.15) is 23.3 Å². The topological polar surface area (TPSA) is 4.93 Å². The standard InChI is InChI=1S/C32H19F4N/c1-17-26-4-2-3-5-30(26)37-31-7-6-18(19-8-22(33)15-23(34)9-19)12-28(31)29-14-21(13-27(17)32(29)37)20-10-24(35)16-25(36)11-20/h2-17H,1H3. The van der Waals surface area contributed by atoms with Gasteiger partial charge in [-0.25, -0.2) is 17.6 Å². The van der Waals surface area contributed by atoms with Crippen LogP contribution < -0.4 is 0 Å². The number of para-hydroxylation sites is 1. The van der Waals surface area contributed by atoms with E-state index in [1.54, 1.807) is 0 Å². The Kier molecular flexibility index (Phi) is 4.61. The zero-order chi connectivity index (χ0) is 25.4. The minimum atomic E-state index is -0.643. The second kappa shape index (κ2) is 7.81. The first-order chi connectivity index (χ1) is 17.9. The van der Waals surface area contributed by atoms with Gasteiger partial charge < -0.3 is 4.57 Å². The van der Waals surface area contributed by atoms with Crippen molar-refractivity contribution in [3.05, 3.63) is 125 Å². The Morgan fingerprint density at radius 1 is 0.541 bits per heavy atom. The molecular weight excluding hydrogens is 474 g/mol. The normalized spacial score (nSPS) is 14.4. The smallest absolute Gasteiger partial charge is 0.126 e. The van der Waals surface area contributed by atoms with E-state index in [0.717, 1.165) is 50.8 Å². The highest BCUT2D eigenvalue weighted by molar-refractivity contribution is 6.13. The highest BCUT2D eigenvalue weighted by Gasteiger charge is 2.28. The molecule has 0 spiro atoms. The molecule has 0 saturated heterocycles. The van der Waals surface area contributed by atoms with Crippen molar-refractivity contribution in [3.63, 3.8) is 0 Å². The molecule has 0 amide bonds. The molecule has 7 rings (SSSR count). The lowest BCUT2D eigenvalue weighted by Crippen LogP contribution is -2.11. The molecule has 180 valence electrons. The molecule has 6 aromatic rings. The summed E-state index contributed by atoms with van der Waals surface area (Å²) in [7, 11) is 0. The van der Waals surface area contributed by atoms with Crippen LogP contribution in [0.2, 0.25) is 0 Å². The molecule has 0 radical (unpaired) electrons. The largest absolute Gasteiger partial charge is 0.309 e. The van der Waals surface area contributed by atoms with Gasteiger partial charge in [0.05, 0.1) is 11.0 Å². The second-order valence-corrected chi connectivity index (χ2v) is 9.63. The third-order valence-corrected chi connectivity index (χ3v) is 7.39. The van der Waals surface area contributed by atoms with Crippen molar-refractivity contribution in [2.45, 2.75) is 12.8 Å². The number of benzene rings is 5. The molecule has 0 saturated carbocycles. The molecule has 1 aliphatic heterocycles. The van der Waals surface area contributed by atoms with E-state index in [1.807, 2.05) is 42.5 Å². The molecule has 0 aliphatic carbocycles. The van der Waals surface area contributed by atoms with E-state index in [0.29, 0.717) is 22.3 Å². The molecule has 0 N–H and O–H groups in total. The molecule has 2 heterocycles. The van der Waals surface area contributed by atoms with Crippen molar-refractivity contribution in [2.75, 3.05) is 0 Å². The predicted octanol–water partition coefficient (Wildman–Crippen LogP) is 9.14. The number of rotatable bonds is 2. The first-order valence-corrected chi connectivity index (χ1v) is 12.0. The van der Waals surface area contributed by atoms with Crippen molar-refractivity contribution in [2.24, 2.45) is 0 Å². The molecule has 5 heteroatoms. The zero-order valence-corrected chi connectivity index (χ0v) is 19.7. The van der Waals surface area contributed by atoms with Gasteiger partial charge in [-0.15, -0.1) is 0 Å². The highest BCUT2D eigenvalue weighted by Crippen LogP contribution is 2.46. The lowest BCUT2D eigenvalue weighted by Gasteiger charge is -2.26. The van der Waals surface area contributed by atoms with Gasteiger partial charge in [-0.3, -0.25) is 0 Å². The van der Waals surface area contributed by atoms with Gasteiger partial charge in [0.25, 0.3) is 0 Å². The van der Waals surface area contributed by atoms with Crippen LogP contribution in [-0.4, -0.2) is 4.57 Å². The van der Waals surface area contributed by atoms with Gasteiger partial charge in [-0.2, -0.15) is 0 Å². The monoisotopic (exact) mass is 493 g/mol. The molecule has 1 nitrogen and oxygen atoms in total. The lowest BCUT2D eigenvalue weighted by atomic mass is 9.86. The number of fused-ring (bicyclic) bond motifs is 5. The Morgan fingerprint density at radius 3 is 1.78 bits per heavy atom. The number of hydrogen-bond acceptors (Lipinski definition) is 0. The van der Waals surface area contributed by atoms with Gasteiger partial charge in [-0.05, 0) is 88.0 Å². The Morgan fingerprint density at radius 2 is 1.11 bits per heavy atom. The molecular formula is C32H19F4N. The summed E-state index contributed by atoms with van der Waals surface area (Å²) in [4.78, 5) is 0. The van der Waals surface area contributed by atoms with Gasteiger partial charge in [-0.1, -0.05) is 31.2 Å². The molecule has 0 fully saturated rings. The fourth-order valence-corrected chi connectivity index (χ4v) is 5.77. The van der Waals surface area contributed by atoms with Crippen molar-refractivity contribution in [1.29, 1.82) is 0 Å². The Balaban J connectivity index is 1.60. The summed E-state index contributed by atoms with van der Waals surface area (Å²) in [5, 5.41) is 1.80. The maximum Gasteiger partial charge on any atom is 0.126 e. The summed E-state index contributed by atoms with van der Waals surface area (Å²) in [5.74, 6) is -2.52. The first kappa shape index (κ1) is 21.9.